The fraction of sp³-hybridized carbons (Fsp3) is 0.538. The van der Waals surface area contributed by atoms with Crippen LogP contribution in [0.1, 0.15) is 25.5 Å². The fourth-order valence-corrected chi connectivity index (χ4v) is 2.36. The van der Waals surface area contributed by atoms with Gasteiger partial charge in [-0.1, -0.05) is 24.9 Å². The van der Waals surface area contributed by atoms with Gasteiger partial charge in [0.15, 0.2) is 0 Å². The third kappa shape index (κ3) is 2.75. The molecule has 0 radical (unpaired) electrons. The lowest BCUT2D eigenvalue weighted by Gasteiger charge is -2.17. The molecule has 0 aliphatic carbocycles. The molecule has 0 saturated carbocycles. The Bertz CT molecular complexity index is 450. The SMILES string of the molecule is CCC1CC(=O)N(Cc2nc(NC)ccc2Cl)C1. The second-order valence-electron chi connectivity index (χ2n) is 4.63. The Morgan fingerprint density at radius 1 is 1.56 bits per heavy atom. The van der Waals surface area contributed by atoms with E-state index in [0.29, 0.717) is 23.9 Å². The topological polar surface area (TPSA) is 45.2 Å². The minimum atomic E-state index is 0.203. The van der Waals surface area contributed by atoms with Crippen molar-refractivity contribution in [3.05, 3.63) is 22.8 Å². The van der Waals surface area contributed by atoms with Gasteiger partial charge in [-0.15, -0.1) is 0 Å². The summed E-state index contributed by atoms with van der Waals surface area (Å²) in [5, 5.41) is 3.59. The Morgan fingerprint density at radius 2 is 2.33 bits per heavy atom. The Morgan fingerprint density at radius 3 is 2.94 bits per heavy atom. The zero-order chi connectivity index (χ0) is 13.1. The van der Waals surface area contributed by atoms with Crippen LogP contribution in [-0.2, 0) is 11.3 Å². The summed E-state index contributed by atoms with van der Waals surface area (Å²) in [7, 11) is 1.81. The number of likely N-dealkylation sites (tertiary alicyclic amines) is 1. The number of carbonyl (C=O) groups is 1. The van der Waals surface area contributed by atoms with E-state index < -0.39 is 0 Å². The van der Waals surface area contributed by atoms with Crippen LogP contribution >= 0.6 is 11.6 Å². The molecule has 2 heterocycles. The molecule has 0 aromatic carbocycles. The van der Waals surface area contributed by atoms with Gasteiger partial charge in [-0.2, -0.15) is 0 Å². The van der Waals surface area contributed by atoms with Crippen molar-refractivity contribution >= 4 is 23.3 Å². The van der Waals surface area contributed by atoms with Crippen molar-refractivity contribution in [3.63, 3.8) is 0 Å². The first kappa shape index (κ1) is 13.1. The van der Waals surface area contributed by atoms with Crippen LogP contribution in [0.3, 0.4) is 0 Å². The normalized spacial score (nSPS) is 19.4. The second kappa shape index (κ2) is 5.57. The Balaban J connectivity index is 2.12. The van der Waals surface area contributed by atoms with E-state index in [1.165, 1.54) is 0 Å². The van der Waals surface area contributed by atoms with Crippen molar-refractivity contribution < 1.29 is 4.79 Å². The molecule has 1 aromatic rings. The number of nitrogens with zero attached hydrogens (tertiary/aromatic N) is 2. The lowest BCUT2D eigenvalue weighted by Crippen LogP contribution is -2.25. The highest BCUT2D eigenvalue weighted by atomic mass is 35.5. The highest BCUT2D eigenvalue weighted by Crippen LogP contribution is 2.24. The first-order valence-electron chi connectivity index (χ1n) is 6.25. The van der Waals surface area contributed by atoms with Crippen LogP contribution in [0.4, 0.5) is 5.82 Å². The lowest BCUT2D eigenvalue weighted by atomic mass is 10.1. The summed E-state index contributed by atoms with van der Waals surface area (Å²) in [6.07, 6.45) is 1.69. The quantitative estimate of drug-likeness (QED) is 0.912. The standard InChI is InChI=1S/C13H18ClN3O/c1-3-9-6-13(18)17(7-9)8-11-10(14)4-5-12(15-2)16-11/h4-5,9H,3,6-8H2,1-2H3,(H,15,16). The predicted molar refractivity (Wildman–Crippen MR) is 72.6 cm³/mol. The fourth-order valence-electron chi connectivity index (χ4n) is 2.20. The van der Waals surface area contributed by atoms with Crippen LogP contribution in [0.2, 0.25) is 5.02 Å². The molecule has 5 heteroatoms. The molecule has 1 aliphatic rings. The summed E-state index contributed by atoms with van der Waals surface area (Å²) in [4.78, 5) is 18.1. The summed E-state index contributed by atoms with van der Waals surface area (Å²) >= 11 is 6.12. The Labute approximate surface area is 112 Å². The highest BCUT2D eigenvalue weighted by molar-refractivity contribution is 6.31. The number of pyridine rings is 1. The lowest BCUT2D eigenvalue weighted by molar-refractivity contribution is -0.128. The van der Waals surface area contributed by atoms with Gasteiger partial charge >= 0.3 is 0 Å². The number of nitrogens with one attached hydrogen (secondary N) is 1. The Kier molecular flexibility index (Phi) is 4.07. The highest BCUT2D eigenvalue weighted by Gasteiger charge is 2.28. The average molecular weight is 268 g/mol. The van der Waals surface area contributed by atoms with Crippen LogP contribution in [0.5, 0.6) is 0 Å². The van der Waals surface area contributed by atoms with Crippen molar-refractivity contribution in [1.29, 1.82) is 0 Å². The smallest absolute Gasteiger partial charge is 0.223 e. The second-order valence-corrected chi connectivity index (χ2v) is 5.03. The molecule has 18 heavy (non-hydrogen) atoms. The van der Waals surface area contributed by atoms with Crippen LogP contribution in [0.15, 0.2) is 12.1 Å². The van der Waals surface area contributed by atoms with Gasteiger partial charge in [0.1, 0.15) is 5.82 Å². The molecule has 4 nitrogen and oxygen atoms in total. The summed E-state index contributed by atoms with van der Waals surface area (Å²) in [6, 6.07) is 3.64. The van der Waals surface area contributed by atoms with Crippen molar-refractivity contribution in [3.8, 4) is 0 Å². The maximum absolute atomic E-state index is 11.9. The predicted octanol–water partition coefficient (Wildman–Crippen LogP) is 2.54. The van der Waals surface area contributed by atoms with Gasteiger partial charge in [0.2, 0.25) is 5.91 Å². The molecule has 2 rings (SSSR count). The number of amides is 1. The summed E-state index contributed by atoms with van der Waals surface area (Å²) < 4.78 is 0. The first-order chi connectivity index (χ1) is 8.63. The molecule has 1 N–H and O–H groups in total. The first-order valence-corrected chi connectivity index (χ1v) is 6.62. The molecule has 1 amide bonds. The third-order valence-electron chi connectivity index (χ3n) is 3.39. The molecule has 1 aliphatic heterocycles. The average Bonchev–Trinajstić information content (AvgIpc) is 2.73. The number of halogens is 1. The van der Waals surface area contributed by atoms with Crippen molar-refractivity contribution in [1.82, 2.24) is 9.88 Å². The van der Waals surface area contributed by atoms with E-state index in [0.717, 1.165) is 24.5 Å². The molecule has 1 unspecified atom stereocenters. The minimum absolute atomic E-state index is 0.203. The van der Waals surface area contributed by atoms with Crippen LogP contribution < -0.4 is 5.32 Å². The zero-order valence-electron chi connectivity index (χ0n) is 10.7. The molecular weight excluding hydrogens is 250 g/mol. The summed E-state index contributed by atoms with van der Waals surface area (Å²) in [6.45, 7) is 3.44. The van der Waals surface area contributed by atoms with E-state index in [4.69, 9.17) is 11.6 Å². The van der Waals surface area contributed by atoms with Gasteiger partial charge in [0.25, 0.3) is 0 Å². The van der Waals surface area contributed by atoms with Gasteiger partial charge in [-0.25, -0.2) is 4.98 Å². The molecule has 98 valence electrons. The maximum Gasteiger partial charge on any atom is 0.223 e. The van der Waals surface area contributed by atoms with Crippen molar-refractivity contribution in [2.45, 2.75) is 26.3 Å². The largest absolute Gasteiger partial charge is 0.373 e. The van der Waals surface area contributed by atoms with Crippen LogP contribution in [-0.4, -0.2) is 29.4 Å². The summed E-state index contributed by atoms with van der Waals surface area (Å²) in [5.74, 6) is 1.45. The minimum Gasteiger partial charge on any atom is -0.373 e. The molecule has 1 saturated heterocycles. The number of aromatic nitrogens is 1. The van der Waals surface area contributed by atoms with E-state index in [2.05, 4.69) is 17.2 Å². The monoisotopic (exact) mass is 267 g/mol. The van der Waals surface area contributed by atoms with Crippen LogP contribution in [0, 0.1) is 5.92 Å². The van der Waals surface area contributed by atoms with E-state index in [1.807, 2.05) is 24.1 Å². The molecule has 0 spiro atoms. The number of anilines is 1. The van der Waals surface area contributed by atoms with Crippen molar-refractivity contribution in [2.75, 3.05) is 18.9 Å². The van der Waals surface area contributed by atoms with Gasteiger partial charge in [0, 0.05) is 20.0 Å². The molecule has 0 bridgehead atoms. The van der Waals surface area contributed by atoms with E-state index in [-0.39, 0.29) is 5.91 Å². The number of hydrogen-bond donors (Lipinski definition) is 1. The van der Waals surface area contributed by atoms with Gasteiger partial charge < -0.3 is 10.2 Å². The van der Waals surface area contributed by atoms with Crippen molar-refractivity contribution in [2.24, 2.45) is 5.92 Å². The number of carbonyl (C=O) groups excluding carboxylic acids is 1. The maximum atomic E-state index is 11.9. The van der Waals surface area contributed by atoms with E-state index in [1.54, 1.807) is 0 Å². The molecule has 1 aromatic heterocycles. The number of rotatable bonds is 4. The third-order valence-corrected chi connectivity index (χ3v) is 3.73. The van der Waals surface area contributed by atoms with Crippen LogP contribution in [0.25, 0.3) is 0 Å². The van der Waals surface area contributed by atoms with Gasteiger partial charge in [-0.05, 0) is 18.1 Å². The van der Waals surface area contributed by atoms with E-state index >= 15 is 0 Å². The van der Waals surface area contributed by atoms with E-state index in [9.17, 15) is 4.79 Å². The Hall–Kier alpha value is -1.29. The molecule has 1 fully saturated rings. The zero-order valence-corrected chi connectivity index (χ0v) is 11.5. The summed E-state index contributed by atoms with van der Waals surface area (Å²) in [5.41, 5.74) is 0.758. The van der Waals surface area contributed by atoms with Gasteiger partial charge in [0.05, 0.1) is 17.3 Å². The number of hydrogen-bond acceptors (Lipinski definition) is 3. The molecular formula is C13H18ClN3O. The van der Waals surface area contributed by atoms with Gasteiger partial charge in [-0.3, -0.25) is 4.79 Å². The molecule has 1 atom stereocenters.